The Morgan fingerprint density at radius 2 is 2.00 bits per heavy atom. The molecular formula is C2H3Cl2P. The van der Waals surface area contributed by atoms with Crippen LogP contribution in [-0.2, 0) is 0 Å². The van der Waals surface area contributed by atoms with Crippen LogP contribution in [0.3, 0.4) is 0 Å². The van der Waals surface area contributed by atoms with Gasteiger partial charge in [-0.2, -0.15) is 0 Å². The summed E-state index contributed by atoms with van der Waals surface area (Å²) in [4.78, 5) is 0. The van der Waals surface area contributed by atoms with E-state index in [1.165, 1.54) is 0 Å². The lowest BCUT2D eigenvalue weighted by molar-refractivity contribution is 2.09. The fraction of sp³-hybridized carbons (Fsp3) is 0.500. The molecule has 0 aliphatic carbocycles. The minimum absolute atomic E-state index is 0.373. The van der Waals surface area contributed by atoms with Gasteiger partial charge in [-0.3, -0.25) is 0 Å². The predicted molar refractivity (Wildman–Crippen MR) is 29.9 cm³/mol. The molecule has 5 heavy (non-hydrogen) atoms. The SMILES string of the molecule is P=C(Cl)CCl. The van der Waals surface area contributed by atoms with Crippen LogP contribution in [0.2, 0.25) is 0 Å². The van der Waals surface area contributed by atoms with Gasteiger partial charge in [-0.15, -0.1) is 20.5 Å². The minimum atomic E-state index is 0.373. The molecule has 0 rings (SSSR count). The maximum absolute atomic E-state index is 5.16. The molecule has 0 saturated heterocycles. The van der Waals surface area contributed by atoms with Crippen LogP contribution in [-0.4, -0.2) is 10.6 Å². The largest absolute Gasteiger partial charge is 0.120 e. The normalized spacial score (nSPS) is 7.60. The second-order valence-electron chi connectivity index (χ2n) is 0.539. The molecule has 0 amide bonds. The maximum atomic E-state index is 5.16. The summed E-state index contributed by atoms with van der Waals surface area (Å²) < 4.78 is 0.548. The summed E-state index contributed by atoms with van der Waals surface area (Å²) in [6, 6.07) is 0. The molecule has 0 aromatic rings. The summed E-state index contributed by atoms with van der Waals surface area (Å²) in [6.45, 7) is 0. The lowest BCUT2D eigenvalue weighted by atomic mass is 11.0. The fourth-order valence-electron chi connectivity index (χ4n) is 0. The zero-order valence-electron chi connectivity index (χ0n) is 2.46. The Morgan fingerprint density at radius 1 is 1.80 bits per heavy atom. The Bertz CT molecular complexity index is 42.9. The van der Waals surface area contributed by atoms with E-state index in [0.29, 0.717) is 10.6 Å². The molecule has 0 nitrogen and oxygen atoms in total. The van der Waals surface area contributed by atoms with Crippen molar-refractivity contribution in [1.29, 1.82) is 0 Å². The van der Waals surface area contributed by atoms with Gasteiger partial charge in [0.2, 0.25) is 0 Å². The first-order chi connectivity index (χ1) is 2.27. The van der Waals surface area contributed by atoms with Crippen LogP contribution >= 0.6 is 32.1 Å². The molecule has 0 aromatic carbocycles. The number of alkyl halides is 1. The first-order valence-electron chi connectivity index (χ1n) is 1.06. The third-order valence-corrected chi connectivity index (χ3v) is 1.06. The van der Waals surface area contributed by atoms with Gasteiger partial charge in [0.1, 0.15) is 0 Å². The maximum Gasteiger partial charge on any atom is 0.0619 e. The molecule has 3 heteroatoms. The summed E-state index contributed by atoms with van der Waals surface area (Å²) in [7, 11) is 2.97. The van der Waals surface area contributed by atoms with Crippen molar-refractivity contribution in [3.63, 3.8) is 0 Å². The van der Waals surface area contributed by atoms with E-state index in [-0.39, 0.29) is 0 Å². The third kappa shape index (κ3) is 4.75. The molecule has 0 fully saturated rings. The Kier molecular flexibility index (Phi) is 3.40. The van der Waals surface area contributed by atoms with Crippen molar-refractivity contribution < 1.29 is 0 Å². The molecule has 0 spiro atoms. The lowest BCUT2D eigenvalue weighted by Crippen LogP contribution is -1.75. The van der Waals surface area contributed by atoms with Gasteiger partial charge in [-0.1, -0.05) is 11.6 Å². The second-order valence-corrected chi connectivity index (χ2v) is 2.18. The van der Waals surface area contributed by atoms with E-state index in [2.05, 4.69) is 8.86 Å². The standard InChI is InChI=1S/C2H3Cl2P/c3-1-2(4)5/h5H,1H2. The first-order valence-corrected chi connectivity index (χ1v) is 2.47. The molecule has 0 heterocycles. The Morgan fingerprint density at radius 3 is 2.00 bits per heavy atom. The van der Waals surface area contributed by atoms with Gasteiger partial charge < -0.3 is 0 Å². The highest BCUT2D eigenvalue weighted by molar-refractivity contribution is 7.30. The van der Waals surface area contributed by atoms with Gasteiger partial charge in [0.15, 0.2) is 0 Å². The fourth-order valence-corrected chi connectivity index (χ4v) is 0. The number of hydrogen-bond donors (Lipinski definition) is 0. The van der Waals surface area contributed by atoms with Crippen LogP contribution < -0.4 is 0 Å². The van der Waals surface area contributed by atoms with Crippen molar-refractivity contribution >= 4 is 36.8 Å². The average Bonchev–Trinajstić information content (AvgIpc) is 1.38. The van der Waals surface area contributed by atoms with Crippen LogP contribution in [0.5, 0.6) is 0 Å². The molecule has 0 saturated carbocycles. The Hall–Kier alpha value is 0.750. The molecule has 0 unspecified atom stereocenters. The van der Waals surface area contributed by atoms with Crippen molar-refractivity contribution in [2.24, 2.45) is 0 Å². The summed E-state index contributed by atoms with van der Waals surface area (Å²) in [5, 5.41) is 0. The molecule has 0 atom stereocenters. The van der Waals surface area contributed by atoms with Crippen LogP contribution in [0.15, 0.2) is 0 Å². The van der Waals surface area contributed by atoms with E-state index in [0.717, 1.165) is 0 Å². The van der Waals surface area contributed by atoms with Crippen molar-refractivity contribution in [3.8, 4) is 0 Å². The van der Waals surface area contributed by atoms with E-state index in [1.807, 2.05) is 0 Å². The highest BCUT2D eigenvalue weighted by atomic mass is 35.5. The van der Waals surface area contributed by atoms with Gasteiger partial charge in [-0.05, 0) is 0 Å². The molecule has 30 valence electrons. The van der Waals surface area contributed by atoms with Gasteiger partial charge in [0.05, 0.1) is 10.6 Å². The molecule has 0 N–H and O–H groups in total. The minimum Gasteiger partial charge on any atom is -0.120 e. The smallest absolute Gasteiger partial charge is 0.0619 e. The van der Waals surface area contributed by atoms with E-state index in [4.69, 9.17) is 23.2 Å². The van der Waals surface area contributed by atoms with Crippen LogP contribution in [0.1, 0.15) is 0 Å². The highest BCUT2D eigenvalue weighted by Gasteiger charge is 1.75. The van der Waals surface area contributed by atoms with Crippen molar-refractivity contribution in [2.75, 3.05) is 5.88 Å². The zero-order chi connectivity index (χ0) is 4.28. The van der Waals surface area contributed by atoms with E-state index in [9.17, 15) is 0 Å². The van der Waals surface area contributed by atoms with E-state index in [1.54, 1.807) is 0 Å². The number of rotatable bonds is 1. The quantitative estimate of drug-likeness (QED) is 0.373. The summed E-state index contributed by atoms with van der Waals surface area (Å²) in [6.07, 6.45) is 0. The molecule has 0 bridgehead atoms. The topological polar surface area (TPSA) is 0 Å². The summed E-state index contributed by atoms with van der Waals surface area (Å²) in [5.74, 6) is 0.373. The average molecular weight is 129 g/mol. The second kappa shape index (κ2) is 2.96. The zero-order valence-corrected chi connectivity index (χ0v) is 4.97. The Labute approximate surface area is 43.3 Å². The van der Waals surface area contributed by atoms with Gasteiger partial charge in [0.25, 0.3) is 0 Å². The molecular weight excluding hydrogens is 126 g/mol. The van der Waals surface area contributed by atoms with Crippen LogP contribution in [0.4, 0.5) is 0 Å². The summed E-state index contributed by atoms with van der Waals surface area (Å²) >= 11 is 10.3. The molecule has 0 aliphatic rings. The highest BCUT2D eigenvalue weighted by Crippen LogP contribution is 1.88. The van der Waals surface area contributed by atoms with E-state index < -0.39 is 0 Å². The third-order valence-electron chi connectivity index (χ3n) is 0.117. The number of hydrogen-bond acceptors (Lipinski definition) is 0. The predicted octanol–water partition coefficient (Wildman–Crippen LogP) is 1.74. The van der Waals surface area contributed by atoms with Gasteiger partial charge in [-0.25, -0.2) is 0 Å². The van der Waals surface area contributed by atoms with E-state index >= 15 is 0 Å². The molecule has 0 aliphatic heterocycles. The van der Waals surface area contributed by atoms with Crippen molar-refractivity contribution in [2.45, 2.75) is 0 Å². The molecule has 0 radical (unpaired) electrons. The molecule has 0 aromatic heterocycles. The summed E-state index contributed by atoms with van der Waals surface area (Å²) in [5.41, 5.74) is 0. The van der Waals surface area contributed by atoms with Crippen molar-refractivity contribution in [1.82, 2.24) is 0 Å². The first kappa shape index (κ1) is 5.75. The Balaban J connectivity index is 2.85. The van der Waals surface area contributed by atoms with Crippen LogP contribution in [0.25, 0.3) is 0 Å². The van der Waals surface area contributed by atoms with Gasteiger partial charge >= 0.3 is 0 Å². The van der Waals surface area contributed by atoms with Gasteiger partial charge in [0, 0.05) is 0 Å². The number of halogens is 2. The monoisotopic (exact) mass is 128 g/mol. The lowest BCUT2D eigenvalue weighted by Gasteiger charge is -1.72. The van der Waals surface area contributed by atoms with Crippen molar-refractivity contribution in [3.05, 3.63) is 0 Å². The van der Waals surface area contributed by atoms with Crippen LogP contribution in [0, 0.1) is 0 Å².